The highest BCUT2D eigenvalue weighted by Gasteiger charge is 2.18. The predicted octanol–water partition coefficient (Wildman–Crippen LogP) is 0.956. The molecule has 0 aromatic carbocycles. The van der Waals surface area contributed by atoms with Gasteiger partial charge in [0.25, 0.3) is 5.91 Å². The van der Waals surface area contributed by atoms with Crippen LogP contribution in [0.25, 0.3) is 0 Å². The zero-order chi connectivity index (χ0) is 16.1. The van der Waals surface area contributed by atoms with E-state index < -0.39 is 0 Å². The van der Waals surface area contributed by atoms with Crippen LogP contribution in [0.5, 0.6) is 0 Å². The van der Waals surface area contributed by atoms with Crippen molar-refractivity contribution in [2.24, 2.45) is 0 Å². The molecule has 7 heteroatoms. The van der Waals surface area contributed by atoms with E-state index in [0.29, 0.717) is 12.2 Å². The van der Waals surface area contributed by atoms with Gasteiger partial charge in [0.05, 0.1) is 17.9 Å². The van der Waals surface area contributed by atoms with Crippen molar-refractivity contribution in [1.29, 1.82) is 0 Å². The second kappa shape index (κ2) is 7.23. The van der Waals surface area contributed by atoms with Gasteiger partial charge in [0.1, 0.15) is 5.69 Å². The van der Waals surface area contributed by atoms with Crippen molar-refractivity contribution in [2.45, 2.75) is 19.5 Å². The molecule has 1 aliphatic heterocycles. The molecule has 0 spiro atoms. The lowest BCUT2D eigenvalue weighted by Crippen LogP contribution is -2.30. The average Bonchev–Trinajstić information content (AvgIpc) is 2.98. The molecule has 0 aliphatic carbocycles. The molecular weight excluding hydrogens is 292 g/mol. The van der Waals surface area contributed by atoms with Gasteiger partial charge in [-0.3, -0.25) is 19.4 Å². The van der Waals surface area contributed by atoms with Crippen LogP contribution in [-0.2, 0) is 13.1 Å². The Kier molecular flexibility index (Phi) is 4.87. The van der Waals surface area contributed by atoms with E-state index in [4.69, 9.17) is 0 Å². The van der Waals surface area contributed by atoms with Crippen molar-refractivity contribution in [1.82, 2.24) is 25.0 Å². The standard InChI is InChI=1S/C16H22N6O/c1-21-8-9-22-14(12-21)10-15(20-22)16(23)19-7-3-6-18-13-4-2-5-17-11-13/h2,4-5,10-11,18H,3,6-9,12H2,1H3,(H,19,23). The first-order valence-corrected chi connectivity index (χ1v) is 7.90. The molecular formula is C16H22N6O. The van der Waals surface area contributed by atoms with Crippen LogP contribution in [0.3, 0.4) is 0 Å². The van der Waals surface area contributed by atoms with E-state index in [9.17, 15) is 4.79 Å². The van der Waals surface area contributed by atoms with E-state index in [1.165, 1.54) is 0 Å². The van der Waals surface area contributed by atoms with Crippen molar-refractivity contribution in [3.8, 4) is 0 Å². The largest absolute Gasteiger partial charge is 0.384 e. The van der Waals surface area contributed by atoms with Crippen molar-refractivity contribution in [2.75, 3.05) is 32.0 Å². The maximum Gasteiger partial charge on any atom is 0.271 e. The quantitative estimate of drug-likeness (QED) is 0.777. The Morgan fingerprint density at radius 3 is 3.09 bits per heavy atom. The van der Waals surface area contributed by atoms with E-state index >= 15 is 0 Å². The Morgan fingerprint density at radius 1 is 1.35 bits per heavy atom. The molecule has 1 aliphatic rings. The maximum atomic E-state index is 12.1. The lowest BCUT2D eigenvalue weighted by atomic mass is 10.3. The Balaban J connectivity index is 1.41. The van der Waals surface area contributed by atoms with Crippen LogP contribution in [0.2, 0.25) is 0 Å². The van der Waals surface area contributed by atoms with Crippen LogP contribution >= 0.6 is 0 Å². The summed E-state index contributed by atoms with van der Waals surface area (Å²) in [6, 6.07) is 5.75. The molecule has 0 radical (unpaired) electrons. The Morgan fingerprint density at radius 2 is 2.26 bits per heavy atom. The van der Waals surface area contributed by atoms with Crippen LogP contribution in [0, 0.1) is 0 Å². The fourth-order valence-corrected chi connectivity index (χ4v) is 2.59. The molecule has 1 amide bonds. The number of likely N-dealkylation sites (N-methyl/N-ethyl adjacent to an activating group) is 1. The van der Waals surface area contributed by atoms with Gasteiger partial charge in [0.15, 0.2) is 0 Å². The number of carbonyl (C=O) groups is 1. The lowest BCUT2D eigenvalue weighted by molar-refractivity contribution is 0.0947. The van der Waals surface area contributed by atoms with Crippen LogP contribution in [0.4, 0.5) is 5.69 Å². The lowest BCUT2D eigenvalue weighted by Gasteiger charge is -2.22. The minimum atomic E-state index is -0.101. The van der Waals surface area contributed by atoms with Gasteiger partial charge in [0, 0.05) is 38.6 Å². The Hall–Kier alpha value is -2.41. The second-order valence-electron chi connectivity index (χ2n) is 5.76. The van der Waals surface area contributed by atoms with Gasteiger partial charge in [-0.15, -0.1) is 0 Å². The summed E-state index contributed by atoms with van der Waals surface area (Å²) in [4.78, 5) is 18.4. The van der Waals surface area contributed by atoms with Crippen molar-refractivity contribution >= 4 is 11.6 Å². The molecule has 23 heavy (non-hydrogen) atoms. The number of hydrogen-bond acceptors (Lipinski definition) is 5. The molecule has 2 N–H and O–H groups in total. The van der Waals surface area contributed by atoms with E-state index in [1.54, 1.807) is 12.4 Å². The minimum Gasteiger partial charge on any atom is -0.384 e. The summed E-state index contributed by atoms with van der Waals surface area (Å²) in [6.45, 7) is 4.06. The van der Waals surface area contributed by atoms with E-state index in [2.05, 4.69) is 32.7 Å². The molecule has 0 fully saturated rings. The van der Waals surface area contributed by atoms with Crippen molar-refractivity contribution in [3.63, 3.8) is 0 Å². The van der Waals surface area contributed by atoms with E-state index in [-0.39, 0.29) is 5.91 Å². The maximum absolute atomic E-state index is 12.1. The molecule has 0 atom stereocenters. The summed E-state index contributed by atoms with van der Waals surface area (Å²) in [5.41, 5.74) is 2.60. The molecule has 122 valence electrons. The summed E-state index contributed by atoms with van der Waals surface area (Å²) in [6.07, 6.45) is 4.37. The number of pyridine rings is 1. The predicted molar refractivity (Wildman–Crippen MR) is 88.2 cm³/mol. The van der Waals surface area contributed by atoms with E-state index in [0.717, 1.165) is 44.0 Å². The number of hydrogen-bond donors (Lipinski definition) is 2. The first-order chi connectivity index (χ1) is 11.2. The van der Waals surface area contributed by atoms with Gasteiger partial charge in [-0.05, 0) is 31.7 Å². The first kappa shape index (κ1) is 15.5. The third-order valence-electron chi connectivity index (χ3n) is 3.85. The summed E-state index contributed by atoms with van der Waals surface area (Å²) in [5, 5.41) is 10.6. The number of aromatic nitrogens is 3. The molecule has 2 aromatic heterocycles. The topological polar surface area (TPSA) is 75.1 Å². The molecule has 3 rings (SSSR count). The fraction of sp³-hybridized carbons (Fsp3) is 0.438. The molecule has 0 saturated carbocycles. The SMILES string of the molecule is CN1CCn2nc(C(=O)NCCCNc3cccnc3)cc2C1. The minimum absolute atomic E-state index is 0.101. The Bertz CT molecular complexity index is 654. The van der Waals surface area contributed by atoms with Crippen molar-refractivity contribution in [3.05, 3.63) is 42.0 Å². The van der Waals surface area contributed by atoms with Crippen LogP contribution < -0.4 is 10.6 Å². The van der Waals surface area contributed by atoms with Gasteiger partial charge >= 0.3 is 0 Å². The molecule has 0 unspecified atom stereocenters. The molecule has 7 nitrogen and oxygen atoms in total. The van der Waals surface area contributed by atoms with Gasteiger partial charge in [-0.25, -0.2) is 0 Å². The van der Waals surface area contributed by atoms with Crippen LogP contribution in [0.15, 0.2) is 30.6 Å². The third-order valence-corrected chi connectivity index (χ3v) is 3.85. The van der Waals surface area contributed by atoms with E-state index in [1.807, 2.05) is 22.9 Å². The summed E-state index contributed by atoms with van der Waals surface area (Å²) in [5.74, 6) is -0.101. The highest BCUT2D eigenvalue weighted by Crippen LogP contribution is 2.12. The van der Waals surface area contributed by atoms with Gasteiger partial charge in [-0.2, -0.15) is 5.10 Å². The van der Waals surface area contributed by atoms with Crippen molar-refractivity contribution < 1.29 is 4.79 Å². The normalized spacial score (nSPS) is 14.3. The summed E-state index contributed by atoms with van der Waals surface area (Å²) >= 11 is 0. The smallest absolute Gasteiger partial charge is 0.271 e. The number of anilines is 1. The highest BCUT2D eigenvalue weighted by atomic mass is 16.1. The molecule has 0 saturated heterocycles. The van der Waals surface area contributed by atoms with Gasteiger partial charge in [-0.1, -0.05) is 0 Å². The molecule has 2 aromatic rings. The highest BCUT2D eigenvalue weighted by molar-refractivity contribution is 5.92. The Labute approximate surface area is 135 Å². The third kappa shape index (κ3) is 4.07. The first-order valence-electron chi connectivity index (χ1n) is 7.90. The van der Waals surface area contributed by atoms with Gasteiger partial charge < -0.3 is 10.6 Å². The summed E-state index contributed by atoms with van der Waals surface area (Å²) < 4.78 is 1.93. The second-order valence-corrected chi connectivity index (χ2v) is 5.76. The number of amides is 1. The molecule has 3 heterocycles. The number of carbonyl (C=O) groups excluding carboxylic acids is 1. The van der Waals surface area contributed by atoms with Crippen LogP contribution in [0.1, 0.15) is 22.6 Å². The summed E-state index contributed by atoms with van der Waals surface area (Å²) in [7, 11) is 2.07. The monoisotopic (exact) mass is 314 g/mol. The zero-order valence-electron chi connectivity index (χ0n) is 13.3. The number of fused-ring (bicyclic) bond motifs is 1. The number of nitrogens with zero attached hydrogens (tertiary/aromatic N) is 4. The average molecular weight is 314 g/mol. The zero-order valence-corrected chi connectivity index (χ0v) is 13.3. The van der Waals surface area contributed by atoms with Gasteiger partial charge in [0.2, 0.25) is 0 Å². The molecule has 0 bridgehead atoms. The number of nitrogens with one attached hydrogen (secondary N) is 2. The van der Waals surface area contributed by atoms with Crippen LogP contribution in [-0.4, -0.2) is 52.3 Å². The fourth-order valence-electron chi connectivity index (χ4n) is 2.59. The number of rotatable bonds is 6.